The van der Waals surface area contributed by atoms with Crippen LogP contribution in [0.15, 0.2) is 72.8 Å². The van der Waals surface area contributed by atoms with E-state index in [9.17, 15) is 0 Å². The maximum atomic E-state index is 7.26. The summed E-state index contributed by atoms with van der Waals surface area (Å²) in [6.45, 7) is 4.87. The Labute approximate surface area is 263 Å². The molecule has 4 fully saturated rings. The van der Waals surface area contributed by atoms with Crippen molar-refractivity contribution in [3.63, 3.8) is 0 Å². The first-order valence-electron chi connectivity index (χ1n) is 17.7. The molecule has 4 nitrogen and oxygen atoms in total. The van der Waals surface area contributed by atoms with Gasteiger partial charge in [0.05, 0.1) is 0 Å². The number of likely N-dealkylation sites (tertiary alicyclic amines) is 2. The summed E-state index contributed by atoms with van der Waals surface area (Å²) in [7, 11) is 0. The van der Waals surface area contributed by atoms with Crippen molar-refractivity contribution in [2.75, 3.05) is 26.2 Å². The summed E-state index contributed by atoms with van der Waals surface area (Å²) in [5, 5.41) is 5.00. The SMILES string of the molecule is c1ccc2c(-c3c(O[C@H]4CCCC[C@H]4N4CCCC4)ccc4ccccc34)c(O[C@H]3CCCC[C@H]3N3CCCC3)ccc2c1. The van der Waals surface area contributed by atoms with Gasteiger partial charge in [-0.15, -0.1) is 0 Å². The van der Waals surface area contributed by atoms with Gasteiger partial charge in [0.15, 0.2) is 0 Å². The molecule has 2 aliphatic heterocycles. The zero-order valence-electron chi connectivity index (χ0n) is 26.3. The van der Waals surface area contributed by atoms with Gasteiger partial charge in [-0.05, 0) is 124 Å². The van der Waals surface area contributed by atoms with Crippen molar-refractivity contribution in [3.8, 4) is 22.6 Å². The third kappa shape index (κ3) is 5.49. The lowest BCUT2D eigenvalue weighted by Gasteiger charge is -2.39. The van der Waals surface area contributed by atoms with Crippen LogP contribution < -0.4 is 9.47 Å². The van der Waals surface area contributed by atoms with Crippen LogP contribution >= 0.6 is 0 Å². The Bertz CT molecular complexity index is 1470. The quantitative estimate of drug-likeness (QED) is 0.215. The van der Waals surface area contributed by atoms with E-state index in [0.717, 1.165) is 24.3 Å². The molecule has 2 saturated carbocycles. The Kier molecular flexibility index (Phi) is 8.22. The minimum Gasteiger partial charge on any atom is -0.488 e. The molecule has 0 N–H and O–H groups in total. The first-order valence-corrected chi connectivity index (χ1v) is 17.7. The van der Waals surface area contributed by atoms with Gasteiger partial charge in [-0.3, -0.25) is 9.80 Å². The van der Waals surface area contributed by atoms with Crippen LogP contribution in [0.5, 0.6) is 11.5 Å². The molecule has 2 aliphatic carbocycles. The van der Waals surface area contributed by atoms with E-state index >= 15 is 0 Å². The molecule has 0 amide bonds. The minimum atomic E-state index is 0.221. The number of benzene rings is 4. The van der Waals surface area contributed by atoms with Gasteiger partial charge in [0.1, 0.15) is 23.7 Å². The van der Waals surface area contributed by atoms with E-state index < -0.39 is 0 Å². The van der Waals surface area contributed by atoms with Crippen LogP contribution in [0, 0.1) is 0 Å². The lowest BCUT2D eigenvalue weighted by atomic mass is 9.89. The van der Waals surface area contributed by atoms with Crippen molar-refractivity contribution in [3.05, 3.63) is 72.8 Å². The van der Waals surface area contributed by atoms with Gasteiger partial charge < -0.3 is 9.47 Å². The Balaban J connectivity index is 1.25. The van der Waals surface area contributed by atoms with Crippen molar-refractivity contribution in [1.82, 2.24) is 9.80 Å². The summed E-state index contributed by atoms with van der Waals surface area (Å²) in [6.07, 6.45) is 15.6. The predicted octanol–water partition coefficient (Wildman–Crippen LogP) is 9.23. The molecule has 2 saturated heterocycles. The van der Waals surface area contributed by atoms with Crippen LogP contribution in [0.3, 0.4) is 0 Å². The number of hydrogen-bond acceptors (Lipinski definition) is 4. The fourth-order valence-electron chi connectivity index (χ4n) is 8.95. The highest BCUT2D eigenvalue weighted by Crippen LogP contribution is 2.47. The third-order valence-electron chi connectivity index (χ3n) is 11.1. The van der Waals surface area contributed by atoms with Crippen LogP contribution in [-0.2, 0) is 0 Å². The van der Waals surface area contributed by atoms with Crippen LogP contribution in [0.2, 0.25) is 0 Å². The standard InChI is InChI=1S/C40H48N2O2/c1-3-15-31-29(13-1)21-23-37(43-35-19-7-5-17-33(35)41-25-9-10-26-41)39(31)40-32-16-4-2-14-30(32)22-24-38(40)44-36-20-8-6-18-34(36)42-27-11-12-28-42/h1-4,13-16,21-24,33-36H,5-12,17-20,25-28H2/t33-,34-,35+,36+/m1/s1. The fraction of sp³-hybridized carbons (Fsp3) is 0.500. The first kappa shape index (κ1) is 28.4. The fourth-order valence-corrected chi connectivity index (χ4v) is 8.95. The summed E-state index contributed by atoms with van der Waals surface area (Å²) in [4.78, 5) is 5.44. The molecule has 8 rings (SSSR count). The van der Waals surface area contributed by atoms with Crippen LogP contribution in [-0.4, -0.2) is 60.3 Å². The molecular weight excluding hydrogens is 540 g/mol. The number of hydrogen-bond donors (Lipinski definition) is 0. The van der Waals surface area contributed by atoms with Gasteiger partial charge in [0, 0.05) is 23.2 Å². The van der Waals surface area contributed by atoms with Gasteiger partial charge in [-0.1, -0.05) is 73.5 Å². The van der Waals surface area contributed by atoms with Crippen molar-refractivity contribution >= 4 is 21.5 Å². The number of rotatable bonds is 7. The molecule has 0 spiro atoms. The maximum absolute atomic E-state index is 7.26. The smallest absolute Gasteiger partial charge is 0.128 e. The molecule has 2 heterocycles. The largest absolute Gasteiger partial charge is 0.488 e. The lowest BCUT2D eigenvalue weighted by molar-refractivity contribution is 0.0478. The Hall–Kier alpha value is -3.08. The first-order chi connectivity index (χ1) is 21.8. The number of nitrogens with zero attached hydrogens (tertiary/aromatic N) is 2. The van der Waals surface area contributed by atoms with Gasteiger partial charge >= 0.3 is 0 Å². The van der Waals surface area contributed by atoms with E-state index in [2.05, 4.69) is 82.6 Å². The van der Waals surface area contributed by atoms with Crippen LogP contribution in [0.4, 0.5) is 0 Å². The summed E-state index contributed by atoms with van der Waals surface area (Å²) < 4.78 is 14.5. The van der Waals surface area contributed by atoms with Crippen molar-refractivity contribution < 1.29 is 9.47 Å². The molecule has 4 aliphatic rings. The van der Waals surface area contributed by atoms with E-state index in [1.165, 1.54) is 123 Å². The minimum absolute atomic E-state index is 0.221. The second-order valence-corrected chi connectivity index (χ2v) is 13.8. The number of fused-ring (bicyclic) bond motifs is 2. The number of ether oxygens (including phenoxy) is 2. The highest BCUT2D eigenvalue weighted by Gasteiger charge is 2.36. The van der Waals surface area contributed by atoms with Gasteiger partial charge in [0.2, 0.25) is 0 Å². The van der Waals surface area contributed by atoms with E-state index in [-0.39, 0.29) is 12.2 Å². The predicted molar refractivity (Wildman–Crippen MR) is 182 cm³/mol. The molecule has 0 radical (unpaired) electrons. The van der Waals surface area contributed by atoms with Gasteiger partial charge in [-0.2, -0.15) is 0 Å². The second-order valence-electron chi connectivity index (χ2n) is 13.8. The highest BCUT2D eigenvalue weighted by molar-refractivity contribution is 6.09. The molecule has 0 unspecified atom stereocenters. The van der Waals surface area contributed by atoms with E-state index in [0.29, 0.717) is 12.1 Å². The normalized spacial score (nSPS) is 26.8. The van der Waals surface area contributed by atoms with Crippen molar-refractivity contribution in [2.24, 2.45) is 0 Å². The molecule has 4 atom stereocenters. The monoisotopic (exact) mass is 588 g/mol. The highest BCUT2D eigenvalue weighted by atomic mass is 16.5. The summed E-state index contributed by atoms with van der Waals surface area (Å²) in [5.41, 5.74) is 2.41. The topological polar surface area (TPSA) is 24.9 Å². The average molecular weight is 589 g/mol. The maximum Gasteiger partial charge on any atom is 0.128 e. The van der Waals surface area contributed by atoms with Crippen molar-refractivity contribution in [2.45, 2.75) is 101 Å². The molecule has 4 heteroatoms. The molecule has 0 aromatic heterocycles. The molecular formula is C40H48N2O2. The van der Waals surface area contributed by atoms with E-state index in [4.69, 9.17) is 9.47 Å². The second kappa shape index (κ2) is 12.7. The third-order valence-corrected chi connectivity index (χ3v) is 11.1. The zero-order chi connectivity index (χ0) is 29.3. The van der Waals surface area contributed by atoms with Gasteiger partial charge in [0.25, 0.3) is 0 Å². The summed E-state index contributed by atoms with van der Waals surface area (Å²) in [6, 6.07) is 27.8. The Morgan fingerprint density at radius 3 is 1.30 bits per heavy atom. The van der Waals surface area contributed by atoms with Crippen LogP contribution in [0.25, 0.3) is 32.7 Å². The van der Waals surface area contributed by atoms with Crippen molar-refractivity contribution in [1.29, 1.82) is 0 Å². The Morgan fingerprint density at radius 2 is 0.841 bits per heavy atom. The molecule has 0 bridgehead atoms. The zero-order valence-corrected chi connectivity index (χ0v) is 26.3. The summed E-state index contributed by atoms with van der Waals surface area (Å²) in [5.74, 6) is 2.03. The molecule has 4 aromatic rings. The summed E-state index contributed by atoms with van der Waals surface area (Å²) >= 11 is 0. The average Bonchev–Trinajstić information content (AvgIpc) is 3.81. The van der Waals surface area contributed by atoms with E-state index in [1.807, 2.05) is 0 Å². The molecule has 44 heavy (non-hydrogen) atoms. The molecule has 230 valence electrons. The lowest BCUT2D eigenvalue weighted by Crippen LogP contribution is -2.46. The Morgan fingerprint density at radius 1 is 0.432 bits per heavy atom. The van der Waals surface area contributed by atoms with E-state index in [1.54, 1.807) is 0 Å². The molecule has 4 aromatic carbocycles. The van der Waals surface area contributed by atoms with Crippen LogP contribution in [0.1, 0.15) is 77.0 Å². The van der Waals surface area contributed by atoms with Gasteiger partial charge in [-0.25, -0.2) is 0 Å².